The van der Waals surface area contributed by atoms with Gasteiger partial charge in [0.05, 0.1) is 26.6 Å². The van der Waals surface area contributed by atoms with Gasteiger partial charge in [0.25, 0.3) is 17.3 Å². The summed E-state index contributed by atoms with van der Waals surface area (Å²) >= 11 is 12.0. The highest BCUT2D eigenvalue weighted by atomic mass is 35.5. The Hall–Kier alpha value is -4.61. The van der Waals surface area contributed by atoms with Crippen molar-refractivity contribution in [3.8, 4) is 17.2 Å². The minimum Gasteiger partial charge on any atom is -0.486 e. The van der Waals surface area contributed by atoms with Gasteiger partial charge in [0.15, 0.2) is 5.76 Å². The molecule has 0 fully saturated rings. The van der Waals surface area contributed by atoms with Crippen LogP contribution in [0.3, 0.4) is 0 Å². The van der Waals surface area contributed by atoms with Crippen molar-refractivity contribution < 1.29 is 28.5 Å². The summed E-state index contributed by atoms with van der Waals surface area (Å²) in [6.07, 6.45) is 0. The van der Waals surface area contributed by atoms with Gasteiger partial charge in [-0.25, -0.2) is 0 Å². The van der Waals surface area contributed by atoms with Crippen LogP contribution in [0.5, 0.6) is 17.2 Å². The van der Waals surface area contributed by atoms with Gasteiger partial charge in [0.1, 0.15) is 29.6 Å². The Balaban J connectivity index is 1.45. The molecule has 1 amide bonds. The third-order valence-electron chi connectivity index (χ3n) is 5.11. The number of benzene rings is 3. The average molecular weight is 558 g/mol. The zero-order valence-corrected chi connectivity index (χ0v) is 21.0. The monoisotopic (exact) mass is 557 g/mol. The number of furan rings is 1. The third kappa shape index (κ3) is 6.38. The number of rotatable bonds is 9. The lowest BCUT2D eigenvalue weighted by Gasteiger charge is -2.10. The normalized spacial score (nSPS) is 10.6. The van der Waals surface area contributed by atoms with Crippen molar-refractivity contribution in [2.24, 2.45) is 0 Å². The Morgan fingerprint density at radius 3 is 2.42 bits per heavy atom. The molecule has 4 aromatic rings. The van der Waals surface area contributed by atoms with Crippen LogP contribution in [-0.4, -0.2) is 15.8 Å². The topological polar surface area (TPSA) is 147 Å². The minimum absolute atomic E-state index is 0.0275. The summed E-state index contributed by atoms with van der Waals surface area (Å²) in [5, 5.41) is 25.5. The molecule has 13 heteroatoms. The second-order valence-electron chi connectivity index (χ2n) is 7.86. The molecule has 0 atom stereocenters. The number of hydrogen-bond donors (Lipinski definition) is 1. The van der Waals surface area contributed by atoms with Crippen molar-refractivity contribution in [3.63, 3.8) is 0 Å². The molecule has 0 unspecified atom stereocenters. The molecule has 1 N–H and O–H groups in total. The molecule has 0 radical (unpaired) electrons. The highest BCUT2D eigenvalue weighted by Gasteiger charge is 2.17. The highest BCUT2D eigenvalue weighted by molar-refractivity contribution is 6.35. The minimum atomic E-state index is -0.668. The average Bonchev–Trinajstić information content (AvgIpc) is 3.33. The van der Waals surface area contributed by atoms with Crippen LogP contribution in [0.1, 0.15) is 21.9 Å². The molecule has 0 aliphatic rings. The summed E-state index contributed by atoms with van der Waals surface area (Å²) in [6, 6.07) is 15.5. The summed E-state index contributed by atoms with van der Waals surface area (Å²) in [6.45, 7) is 1.55. The maximum absolute atomic E-state index is 12.7. The zero-order chi connectivity index (χ0) is 27.4. The quantitative estimate of drug-likeness (QED) is 0.166. The molecule has 1 aromatic heterocycles. The maximum atomic E-state index is 12.7. The molecule has 194 valence electrons. The molecular formula is C25H17Cl2N3O8. The number of ether oxygens (including phenoxy) is 2. The molecule has 0 bridgehead atoms. The molecule has 0 aliphatic carbocycles. The van der Waals surface area contributed by atoms with E-state index in [1.165, 1.54) is 54.6 Å². The van der Waals surface area contributed by atoms with Gasteiger partial charge in [-0.2, -0.15) is 0 Å². The molecule has 38 heavy (non-hydrogen) atoms. The number of anilines is 1. The van der Waals surface area contributed by atoms with E-state index in [1.807, 2.05) is 0 Å². The van der Waals surface area contributed by atoms with E-state index in [0.717, 1.165) is 6.07 Å². The van der Waals surface area contributed by atoms with E-state index >= 15 is 0 Å². The van der Waals surface area contributed by atoms with Crippen molar-refractivity contribution in [2.45, 2.75) is 13.5 Å². The number of nitrogens with one attached hydrogen (secondary N) is 1. The van der Waals surface area contributed by atoms with E-state index < -0.39 is 15.8 Å². The van der Waals surface area contributed by atoms with Crippen LogP contribution in [0.4, 0.5) is 17.1 Å². The van der Waals surface area contributed by atoms with Gasteiger partial charge in [0.2, 0.25) is 0 Å². The number of amides is 1. The van der Waals surface area contributed by atoms with Crippen molar-refractivity contribution in [3.05, 3.63) is 114 Å². The summed E-state index contributed by atoms with van der Waals surface area (Å²) < 4.78 is 16.8. The SMILES string of the molecule is Cc1cc(OCc2ccc(C(=O)Nc3cc(Oc4ccc(Cl)cc4Cl)cc([N+](=O)[O-])c3)o2)ccc1[N+](=O)[O-]. The molecule has 3 aromatic carbocycles. The first-order valence-corrected chi connectivity index (χ1v) is 11.5. The zero-order valence-electron chi connectivity index (χ0n) is 19.5. The van der Waals surface area contributed by atoms with Crippen LogP contribution in [0, 0.1) is 27.2 Å². The molecule has 4 rings (SSSR count). The van der Waals surface area contributed by atoms with Crippen molar-refractivity contribution in [1.29, 1.82) is 0 Å². The molecule has 0 saturated carbocycles. The fourth-order valence-electron chi connectivity index (χ4n) is 3.35. The van der Waals surface area contributed by atoms with Crippen molar-refractivity contribution in [2.75, 3.05) is 5.32 Å². The lowest BCUT2D eigenvalue weighted by Crippen LogP contribution is -2.11. The lowest BCUT2D eigenvalue weighted by atomic mass is 10.2. The molecule has 11 nitrogen and oxygen atoms in total. The first-order valence-electron chi connectivity index (χ1n) is 10.8. The Morgan fingerprint density at radius 2 is 1.74 bits per heavy atom. The van der Waals surface area contributed by atoms with Crippen LogP contribution >= 0.6 is 23.2 Å². The summed E-state index contributed by atoms with van der Waals surface area (Å²) in [5.74, 6) is 0.238. The predicted octanol–water partition coefficient (Wildman–Crippen LogP) is 7.33. The Kier molecular flexibility index (Phi) is 7.79. The van der Waals surface area contributed by atoms with E-state index in [9.17, 15) is 25.0 Å². The van der Waals surface area contributed by atoms with E-state index in [1.54, 1.807) is 13.0 Å². The van der Waals surface area contributed by atoms with Gasteiger partial charge >= 0.3 is 0 Å². The number of nitro benzene ring substituents is 2. The fourth-order valence-corrected chi connectivity index (χ4v) is 3.80. The molecule has 0 spiro atoms. The van der Waals surface area contributed by atoms with Crippen LogP contribution in [0.2, 0.25) is 10.0 Å². The molecular weight excluding hydrogens is 541 g/mol. The largest absolute Gasteiger partial charge is 0.486 e. The Bertz CT molecular complexity index is 1550. The van der Waals surface area contributed by atoms with E-state index in [4.69, 9.17) is 37.1 Å². The van der Waals surface area contributed by atoms with Gasteiger partial charge < -0.3 is 19.2 Å². The van der Waals surface area contributed by atoms with E-state index in [0.29, 0.717) is 22.1 Å². The van der Waals surface area contributed by atoms with Gasteiger partial charge in [0, 0.05) is 28.8 Å². The second kappa shape index (κ2) is 11.2. The smallest absolute Gasteiger partial charge is 0.291 e. The van der Waals surface area contributed by atoms with Crippen molar-refractivity contribution >= 4 is 46.2 Å². The summed E-state index contributed by atoms with van der Waals surface area (Å²) in [5.41, 5.74) is 0.167. The van der Waals surface area contributed by atoms with Crippen LogP contribution in [-0.2, 0) is 6.61 Å². The fraction of sp³-hybridized carbons (Fsp3) is 0.0800. The predicted molar refractivity (Wildman–Crippen MR) is 138 cm³/mol. The van der Waals surface area contributed by atoms with Gasteiger partial charge in [-0.05, 0) is 49.4 Å². The summed E-state index contributed by atoms with van der Waals surface area (Å²) in [7, 11) is 0. The number of hydrogen-bond acceptors (Lipinski definition) is 8. The first kappa shape index (κ1) is 26.5. The van der Waals surface area contributed by atoms with Gasteiger partial charge in [-0.1, -0.05) is 23.2 Å². The molecule has 0 aliphatic heterocycles. The van der Waals surface area contributed by atoms with Crippen LogP contribution in [0.25, 0.3) is 0 Å². The number of nitrogens with zero attached hydrogens (tertiary/aromatic N) is 2. The molecule has 0 saturated heterocycles. The number of carbonyl (C=O) groups is 1. The number of aryl methyl sites for hydroxylation is 1. The summed E-state index contributed by atoms with van der Waals surface area (Å²) in [4.78, 5) is 34.0. The molecule has 1 heterocycles. The number of nitro groups is 2. The van der Waals surface area contributed by atoms with E-state index in [-0.39, 0.29) is 46.0 Å². The van der Waals surface area contributed by atoms with Crippen LogP contribution < -0.4 is 14.8 Å². The lowest BCUT2D eigenvalue weighted by molar-refractivity contribution is -0.385. The first-order chi connectivity index (χ1) is 18.1. The van der Waals surface area contributed by atoms with Gasteiger partial charge in [-0.15, -0.1) is 0 Å². The third-order valence-corrected chi connectivity index (χ3v) is 5.64. The number of halogens is 2. The van der Waals surface area contributed by atoms with Crippen LogP contribution in [0.15, 0.2) is 71.1 Å². The number of non-ortho nitro benzene ring substituents is 1. The Morgan fingerprint density at radius 1 is 0.947 bits per heavy atom. The highest BCUT2D eigenvalue weighted by Crippen LogP contribution is 2.35. The second-order valence-corrected chi connectivity index (χ2v) is 8.71. The number of carbonyl (C=O) groups excluding carboxylic acids is 1. The standard InChI is InChI=1S/C25H17Cl2N3O8/c1-14-8-18(3-5-22(14)30(34)35)36-13-19-4-7-24(37-19)25(31)28-16-10-17(29(32)33)12-20(11-16)38-23-6-2-15(26)9-21(23)27/h2-12H,13H2,1H3,(H,28,31). The van der Waals surface area contributed by atoms with Gasteiger partial charge in [-0.3, -0.25) is 25.0 Å². The van der Waals surface area contributed by atoms with E-state index in [2.05, 4.69) is 5.32 Å². The Labute approximate surface area is 224 Å². The maximum Gasteiger partial charge on any atom is 0.291 e. The van der Waals surface area contributed by atoms with Crippen molar-refractivity contribution in [1.82, 2.24) is 0 Å².